The van der Waals surface area contributed by atoms with Gasteiger partial charge in [0.2, 0.25) is 0 Å². The zero-order chi connectivity index (χ0) is 13.6. The summed E-state index contributed by atoms with van der Waals surface area (Å²) in [6.45, 7) is 3.37. The first kappa shape index (κ1) is 16.9. The lowest BCUT2D eigenvalue weighted by Gasteiger charge is -2.04. The molecule has 0 unspecified atom stereocenters. The number of hydrogen-bond acceptors (Lipinski definition) is 5. The Morgan fingerprint density at radius 3 is 2.39 bits per heavy atom. The molecule has 0 aromatic rings. The van der Waals surface area contributed by atoms with Crippen LogP contribution in [0, 0.1) is 0 Å². The molecule has 0 aromatic heterocycles. The average molecular weight is 262 g/mol. The number of carboxylic acid groups (broad SMARTS) is 1. The molecule has 0 spiro atoms. The van der Waals surface area contributed by atoms with Crippen LogP contribution in [0.5, 0.6) is 0 Å². The SMILES string of the molecule is CCCCOCCOOC(=O)CCCCC(=O)O. The third-order valence-corrected chi connectivity index (χ3v) is 2.13. The van der Waals surface area contributed by atoms with E-state index in [0.29, 0.717) is 26.1 Å². The minimum atomic E-state index is -0.858. The Bertz CT molecular complexity index is 229. The summed E-state index contributed by atoms with van der Waals surface area (Å²) in [7, 11) is 0. The topological polar surface area (TPSA) is 82.1 Å². The molecule has 0 amide bonds. The van der Waals surface area contributed by atoms with Crippen molar-refractivity contribution in [3.8, 4) is 0 Å². The number of unbranched alkanes of at least 4 members (excludes halogenated alkanes) is 2. The molecule has 18 heavy (non-hydrogen) atoms. The van der Waals surface area contributed by atoms with Crippen LogP contribution in [0.1, 0.15) is 45.4 Å². The summed E-state index contributed by atoms with van der Waals surface area (Å²) in [6, 6.07) is 0. The summed E-state index contributed by atoms with van der Waals surface area (Å²) >= 11 is 0. The Morgan fingerprint density at radius 1 is 1.00 bits per heavy atom. The van der Waals surface area contributed by atoms with Crippen LogP contribution in [-0.2, 0) is 24.1 Å². The van der Waals surface area contributed by atoms with Crippen LogP contribution in [0.4, 0.5) is 0 Å². The van der Waals surface area contributed by atoms with Crippen LogP contribution in [0.25, 0.3) is 0 Å². The summed E-state index contributed by atoms with van der Waals surface area (Å²) < 4.78 is 5.20. The molecule has 0 saturated carbocycles. The van der Waals surface area contributed by atoms with E-state index in [-0.39, 0.29) is 19.4 Å². The largest absolute Gasteiger partial charge is 0.481 e. The highest BCUT2D eigenvalue weighted by Gasteiger charge is 2.05. The van der Waals surface area contributed by atoms with E-state index in [1.54, 1.807) is 0 Å². The molecule has 6 heteroatoms. The van der Waals surface area contributed by atoms with Crippen LogP contribution < -0.4 is 0 Å². The first-order valence-corrected chi connectivity index (χ1v) is 6.28. The first-order valence-electron chi connectivity index (χ1n) is 6.28. The molecule has 0 fully saturated rings. The Kier molecular flexibility index (Phi) is 11.5. The molecule has 0 radical (unpaired) electrons. The van der Waals surface area contributed by atoms with Crippen molar-refractivity contribution in [2.24, 2.45) is 0 Å². The Hall–Kier alpha value is -1.14. The standard InChI is InChI=1S/C12H22O6/c1-2-3-8-16-9-10-17-18-12(15)7-5-4-6-11(13)14/h2-10H2,1H3,(H,13,14). The second-order valence-corrected chi connectivity index (χ2v) is 3.84. The third-order valence-electron chi connectivity index (χ3n) is 2.13. The van der Waals surface area contributed by atoms with Crippen molar-refractivity contribution in [3.63, 3.8) is 0 Å². The average Bonchev–Trinajstić information content (AvgIpc) is 2.33. The van der Waals surface area contributed by atoms with Crippen LogP contribution in [0.3, 0.4) is 0 Å². The minimum absolute atomic E-state index is 0.0689. The first-order chi connectivity index (χ1) is 8.66. The van der Waals surface area contributed by atoms with Crippen molar-refractivity contribution in [1.29, 1.82) is 0 Å². The fourth-order valence-corrected chi connectivity index (χ4v) is 1.14. The maximum atomic E-state index is 11.1. The molecule has 0 aliphatic carbocycles. The van der Waals surface area contributed by atoms with Crippen molar-refractivity contribution >= 4 is 11.9 Å². The zero-order valence-electron chi connectivity index (χ0n) is 10.9. The fraction of sp³-hybridized carbons (Fsp3) is 0.833. The van der Waals surface area contributed by atoms with Gasteiger partial charge in [-0.3, -0.25) is 9.68 Å². The second-order valence-electron chi connectivity index (χ2n) is 3.84. The maximum absolute atomic E-state index is 11.1. The van der Waals surface area contributed by atoms with Crippen LogP contribution in [-0.4, -0.2) is 36.9 Å². The normalized spacial score (nSPS) is 10.3. The van der Waals surface area contributed by atoms with Gasteiger partial charge in [0.05, 0.1) is 6.61 Å². The van der Waals surface area contributed by atoms with Crippen LogP contribution in [0.15, 0.2) is 0 Å². The quantitative estimate of drug-likeness (QED) is 0.329. The van der Waals surface area contributed by atoms with Crippen molar-refractivity contribution in [1.82, 2.24) is 0 Å². The van der Waals surface area contributed by atoms with Crippen molar-refractivity contribution < 1.29 is 29.2 Å². The summed E-state index contributed by atoms with van der Waals surface area (Å²) in [4.78, 5) is 30.4. The van der Waals surface area contributed by atoms with Gasteiger partial charge in [0.1, 0.15) is 6.61 Å². The van der Waals surface area contributed by atoms with Gasteiger partial charge in [0, 0.05) is 19.4 Å². The van der Waals surface area contributed by atoms with Crippen molar-refractivity contribution in [2.75, 3.05) is 19.8 Å². The Labute approximate surface area is 107 Å². The van der Waals surface area contributed by atoms with Gasteiger partial charge < -0.3 is 9.84 Å². The minimum Gasteiger partial charge on any atom is -0.481 e. The number of ether oxygens (including phenoxy) is 1. The van der Waals surface area contributed by atoms with Crippen molar-refractivity contribution in [2.45, 2.75) is 45.4 Å². The van der Waals surface area contributed by atoms with Crippen LogP contribution in [0.2, 0.25) is 0 Å². The molecule has 0 heterocycles. The van der Waals surface area contributed by atoms with E-state index in [2.05, 4.69) is 16.7 Å². The Morgan fingerprint density at radius 2 is 1.72 bits per heavy atom. The van der Waals surface area contributed by atoms with Crippen molar-refractivity contribution in [3.05, 3.63) is 0 Å². The highest BCUT2D eigenvalue weighted by molar-refractivity contribution is 5.69. The van der Waals surface area contributed by atoms with E-state index in [4.69, 9.17) is 9.84 Å². The molecule has 1 N–H and O–H groups in total. The monoisotopic (exact) mass is 262 g/mol. The van der Waals surface area contributed by atoms with Gasteiger partial charge in [-0.1, -0.05) is 13.3 Å². The predicted octanol–water partition coefficient (Wildman–Crippen LogP) is 1.92. The number of rotatable bonds is 12. The molecular formula is C12H22O6. The van der Waals surface area contributed by atoms with Gasteiger partial charge in [-0.05, 0) is 19.3 Å². The van der Waals surface area contributed by atoms with E-state index in [1.165, 1.54) is 0 Å². The van der Waals surface area contributed by atoms with Gasteiger partial charge in [-0.15, -0.1) is 0 Å². The zero-order valence-corrected chi connectivity index (χ0v) is 10.9. The van der Waals surface area contributed by atoms with Gasteiger partial charge in [-0.2, -0.15) is 4.89 Å². The second kappa shape index (κ2) is 12.3. The smallest absolute Gasteiger partial charge is 0.342 e. The summed E-state index contributed by atoms with van der Waals surface area (Å²) in [6.07, 6.45) is 3.27. The summed E-state index contributed by atoms with van der Waals surface area (Å²) in [5.41, 5.74) is 0. The molecule has 6 nitrogen and oxygen atoms in total. The molecule has 0 saturated heterocycles. The van der Waals surface area contributed by atoms with E-state index in [0.717, 1.165) is 12.8 Å². The number of carbonyl (C=O) groups is 2. The molecule has 0 aliphatic rings. The van der Waals surface area contributed by atoms with E-state index < -0.39 is 11.9 Å². The molecule has 106 valence electrons. The van der Waals surface area contributed by atoms with Gasteiger partial charge in [0.25, 0.3) is 0 Å². The lowest BCUT2D eigenvalue weighted by Crippen LogP contribution is -2.10. The molecule has 0 aromatic carbocycles. The molecule has 0 rings (SSSR count). The lowest BCUT2D eigenvalue weighted by atomic mass is 10.2. The fourth-order valence-electron chi connectivity index (χ4n) is 1.14. The molecular weight excluding hydrogens is 240 g/mol. The van der Waals surface area contributed by atoms with E-state index >= 15 is 0 Å². The predicted molar refractivity (Wildman–Crippen MR) is 63.9 cm³/mol. The highest BCUT2D eigenvalue weighted by Crippen LogP contribution is 2.01. The Balaban J connectivity index is 3.19. The number of aliphatic carboxylic acids is 1. The third kappa shape index (κ3) is 12.9. The van der Waals surface area contributed by atoms with Gasteiger partial charge >= 0.3 is 11.9 Å². The lowest BCUT2D eigenvalue weighted by molar-refractivity contribution is -0.276. The maximum Gasteiger partial charge on any atom is 0.342 e. The number of carbonyl (C=O) groups excluding carboxylic acids is 1. The van der Waals surface area contributed by atoms with Gasteiger partial charge in [0.15, 0.2) is 0 Å². The highest BCUT2D eigenvalue weighted by atomic mass is 17.2. The number of carboxylic acids is 1. The van der Waals surface area contributed by atoms with Gasteiger partial charge in [-0.25, -0.2) is 4.79 Å². The van der Waals surface area contributed by atoms with E-state index in [9.17, 15) is 9.59 Å². The molecule has 0 aliphatic heterocycles. The summed E-state index contributed by atoms with van der Waals surface area (Å²) in [5, 5.41) is 8.39. The number of hydrogen-bond donors (Lipinski definition) is 1. The molecule has 0 atom stereocenters. The van der Waals surface area contributed by atoms with Crippen LogP contribution >= 0.6 is 0 Å². The molecule has 0 bridgehead atoms. The summed E-state index contributed by atoms with van der Waals surface area (Å²) in [5.74, 6) is -1.34. The van der Waals surface area contributed by atoms with E-state index in [1.807, 2.05) is 0 Å².